The highest BCUT2D eigenvalue weighted by Crippen LogP contribution is 2.11. The summed E-state index contributed by atoms with van der Waals surface area (Å²) in [6.45, 7) is 11.2. The molecule has 6 heteroatoms. The molecule has 4 nitrogen and oxygen atoms in total. The number of sulfonamides is 1. The molecule has 0 aliphatic rings. The van der Waals surface area contributed by atoms with E-state index in [-0.39, 0.29) is 18.0 Å². The van der Waals surface area contributed by atoms with Gasteiger partial charge in [-0.05, 0) is 41.5 Å². The van der Waals surface area contributed by atoms with E-state index >= 15 is 0 Å². The van der Waals surface area contributed by atoms with Gasteiger partial charge in [0.15, 0.2) is 0 Å². The molecular formula is C11H23ClN2O2S. The Kier molecular flexibility index (Phi) is 6.48. The Balaban J connectivity index is 5.39. The van der Waals surface area contributed by atoms with Crippen molar-refractivity contribution in [3.05, 3.63) is 0 Å². The SMILES string of the molecule is CC(C)N(/C(CCl)=N/S(=O)(=O)C(C)C)C(C)C. The van der Waals surface area contributed by atoms with Crippen LogP contribution < -0.4 is 0 Å². The lowest BCUT2D eigenvalue weighted by Crippen LogP contribution is -2.43. The van der Waals surface area contributed by atoms with Gasteiger partial charge in [0.2, 0.25) is 0 Å². The van der Waals surface area contributed by atoms with Crippen LogP contribution in [-0.2, 0) is 10.0 Å². The smallest absolute Gasteiger partial charge is 0.257 e. The van der Waals surface area contributed by atoms with E-state index in [0.29, 0.717) is 5.84 Å². The summed E-state index contributed by atoms with van der Waals surface area (Å²) in [5.74, 6) is 0.521. The molecule has 0 unspecified atom stereocenters. The normalized spacial score (nSPS) is 13.9. The molecule has 0 saturated carbocycles. The highest BCUT2D eigenvalue weighted by molar-refractivity contribution is 7.90. The highest BCUT2D eigenvalue weighted by Gasteiger charge is 2.22. The van der Waals surface area contributed by atoms with Gasteiger partial charge in [-0.2, -0.15) is 0 Å². The van der Waals surface area contributed by atoms with Crippen molar-refractivity contribution in [1.82, 2.24) is 4.90 Å². The Morgan fingerprint density at radius 3 is 1.76 bits per heavy atom. The van der Waals surface area contributed by atoms with Crippen molar-refractivity contribution < 1.29 is 8.42 Å². The lowest BCUT2D eigenvalue weighted by Gasteiger charge is -2.33. The molecule has 0 atom stereocenters. The second-order valence-corrected chi connectivity index (χ2v) is 7.22. The van der Waals surface area contributed by atoms with Crippen molar-refractivity contribution in [2.24, 2.45) is 4.40 Å². The molecule has 0 bridgehead atoms. The molecule has 17 heavy (non-hydrogen) atoms. The maximum absolute atomic E-state index is 11.8. The fraction of sp³-hybridized carbons (Fsp3) is 0.909. The Morgan fingerprint density at radius 2 is 1.53 bits per heavy atom. The van der Waals surface area contributed by atoms with Crippen LogP contribution in [0.1, 0.15) is 41.5 Å². The summed E-state index contributed by atoms with van der Waals surface area (Å²) < 4.78 is 27.4. The minimum atomic E-state index is -3.46. The Bertz CT molecular complexity index is 354. The average Bonchev–Trinajstić information content (AvgIpc) is 2.14. The predicted octanol–water partition coefficient (Wildman–Crippen LogP) is 2.48. The van der Waals surface area contributed by atoms with Gasteiger partial charge in [-0.15, -0.1) is 16.0 Å². The third-order valence-corrected chi connectivity index (χ3v) is 4.25. The van der Waals surface area contributed by atoms with E-state index in [9.17, 15) is 8.42 Å². The molecule has 0 radical (unpaired) electrons. The van der Waals surface area contributed by atoms with Crippen LogP contribution in [-0.4, -0.2) is 42.4 Å². The maximum atomic E-state index is 11.8. The molecular weight excluding hydrogens is 260 g/mol. The van der Waals surface area contributed by atoms with Crippen LogP contribution in [0.2, 0.25) is 0 Å². The number of hydrogen-bond donors (Lipinski definition) is 0. The molecule has 102 valence electrons. The lowest BCUT2D eigenvalue weighted by molar-refractivity contribution is 0.291. The van der Waals surface area contributed by atoms with E-state index in [0.717, 1.165) is 0 Å². The number of nitrogens with zero attached hydrogens (tertiary/aromatic N) is 2. The first-order valence-electron chi connectivity index (χ1n) is 5.80. The standard InChI is InChI=1S/C11H23ClN2O2S/c1-8(2)14(9(3)4)11(7-12)13-17(15,16)10(5)6/h8-10H,7H2,1-6H3/b13-11+. The van der Waals surface area contributed by atoms with Gasteiger partial charge >= 0.3 is 0 Å². The van der Waals surface area contributed by atoms with Gasteiger partial charge in [-0.25, -0.2) is 8.42 Å². The van der Waals surface area contributed by atoms with Crippen molar-refractivity contribution in [2.75, 3.05) is 5.88 Å². The van der Waals surface area contributed by atoms with Crippen molar-refractivity contribution in [2.45, 2.75) is 58.9 Å². The molecule has 0 rings (SSSR count). The van der Waals surface area contributed by atoms with Crippen LogP contribution in [0.15, 0.2) is 4.40 Å². The summed E-state index contributed by atoms with van der Waals surface area (Å²) in [7, 11) is -3.46. The third-order valence-electron chi connectivity index (χ3n) is 2.36. The number of halogens is 1. The van der Waals surface area contributed by atoms with Crippen LogP contribution in [0.5, 0.6) is 0 Å². The molecule has 0 N–H and O–H groups in total. The number of rotatable bonds is 5. The number of hydrogen-bond acceptors (Lipinski definition) is 2. The van der Waals surface area contributed by atoms with Gasteiger partial charge in [0.25, 0.3) is 10.0 Å². The fourth-order valence-corrected chi connectivity index (χ4v) is 2.52. The van der Waals surface area contributed by atoms with Gasteiger partial charge in [0, 0.05) is 12.1 Å². The zero-order valence-corrected chi connectivity index (χ0v) is 13.0. The summed E-state index contributed by atoms with van der Waals surface area (Å²) in [6, 6.07) is 0.324. The number of alkyl halides is 1. The lowest BCUT2D eigenvalue weighted by atomic mass is 10.2. The molecule has 0 heterocycles. The molecule has 0 aromatic rings. The first kappa shape index (κ1) is 16.7. The third kappa shape index (κ3) is 4.84. The van der Waals surface area contributed by atoms with Crippen molar-refractivity contribution in [3.8, 4) is 0 Å². The quantitative estimate of drug-likeness (QED) is 0.442. The van der Waals surface area contributed by atoms with Crippen molar-refractivity contribution >= 4 is 27.5 Å². The summed E-state index contributed by atoms with van der Waals surface area (Å²) in [4.78, 5) is 1.92. The van der Waals surface area contributed by atoms with E-state index in [2.05, 4.69) is 4.40 Å². The van der Waals surface area contributed by atoms with E-state index in [1.54, 1.807) is 13.8 Å². The van der Waals surface area contributed by atoms with Crippen molar-refractivity contribution in [3.63, 3.8) is 0 Å². The predicted molar refractivity (Wildman–Crippen MR) is 74.3 cm³/mol. The zero-order chi connectivity index (χ0) is 13.8. The Hall–Kier alpha value is -0.290. The van der Waals surface area contributed by atoms with Crippen LogP contribution in [0.25, 0.3) is 0 Å². The first-order chi connectivity index (χ1) is 7.63. The molecule has 0 aliphatic heterocycles. The molecule has 0 aromatic heterocycles. The first-order valence-corrected chi connectivity index (χ1v) is 7.84. The number of amidine groups is 1. The fourth-order valence-electron chi connectivity index (χ4n) is 1.59. The summed E-state index contributed by atoms with van der Waals surface area (Å²) in [5, 5.41) is -0.526. The molecule has 0 aromatic carbocycles. The van der Waals surface area contributed by atoms with Crippen molar-refractivity contribution in [1.29, 1.82) is 0 Å². The van der Waals surface area contributed by atoms with Gasteiger partial charge in [0.1, 0.15) is 5.84 Å². The van der Waals surface area contributed by atoms with E-state index < -0.39 is 15.3 Å². The minimum Gasteiger partial charge on any atom is -0.354 e. The van der Waals surface area contributed by atoms with Gasteiger partial charge in [-0.1, -0.05) is 0 Å². The van der Waals surface area contributed by atoms with Crippen LogP contribution in [0.3, 0.4) is 0 Å². The molecule has 0 fully saturated rings. The molecule has 0 saturated heterocycles. The largest absolute Gasteiger partial charge is 0.354 e. The summed E-state index contributed by atoms with van der Waals surface area (Å²) in [5.41, 5.74) is 0. The van der Waals surface area contributed by atoms with E-state index in [1.165, 1.54) is 0 Å². The van der Waals surface area contributed by atoms with Crippen LogP contribution >= 0.6 is 11.6 Å². The van der Waals surface area contributed by atoms with E-state index in [4.69, 9.17) is 11.6 Å². The highest BCUT2D eigenvalue weighted by atomic mass is 35.5. The monoisotopic (exact) mass is 282 g/mol. The van der Waals surface area contributed by atoms with Crippen LogP contribution in [0, 0.1) is 0 Å². The zero-order valence-electron chi connectivity index (χ0n) is 11.4. The molecule has 0 spiro atoms. The Morgan fingerprint density at radius 1 is 1.12 bits per heavy atom. The van der Waals surface area contributed by atoms with Gasteiger partial charge in [-0.3, -0.25) is 0 Å². The van der Waals surface area contributed by atoms with Gasteiger partial charge < -0.3 is 4.90 Å². The molecule has 0 aliphatic carbocycles. The summed E-state index contributed by atoms with van der Waals surface area (Å²) >= 11 is 5.82. The minimum absolute atomic E-state index is 0.0995. The summed E-state index contributed by atoms with van der Waals surface area (Å²) in [6.07, 6.45) is 0. The van der Waals surface area contributed by atoms with Crippen LogP contribution in [0.4, 0.5) is 0 Å². The van der Waals surface area contributed by atoms with Gasteiger partial charge in [0.05, 0.1) is 11.1 Å². The Labute approximate surface area is 110 Å². The second kappa shape index (κ2) is 6.59. The molecule has 0 amide bonds. The topological polar surface area (TPSA) is 49.7 Å². The average molecular weight is 283 g/mol. The maximum Gasteiger partial charge on any atom is 0.257 e. The second-order valence-electron chi connectivity index (χ2n) is 4.80. The van der Waals surface area contributed by atoms with E-state index in [1.807, 2.05) is 32.6 Å².